The summed E-state index contributed by atoms with van der Waals surface area (Å²) in [6.07, 6.45) is 3.47. The highest BCUT2D eigenvalue weighted by atomic mass is 16.5. The van der Waals surface area contributed by atoms with Crippen LogP contribution in [0.2, 0.25) is 0 Å². The van der Waals surface area contributed by atoms with Gasteiger partial charge < -0.3 is 14.2 Å². The number of nitrogens with zero attached hydrogens (tertiary/aromatic N) is 6. The molecule has 8 nitrogen and oxygen atoms in total. The predicted octanol–water partition coefficient (Wildman–Crippen LogP) is 1.06. The van der Waals surface area contributed by atoms with Crippen molar-refractivity contribution in [1.82, 2.24) is 29.5 Å². The smallest absolute Gasteiger partial charge is 0.272 e. The molecule has 4 rings (SSSR count). The number of likely N-dealkylation sites (tertiary alicyclic amines) is 1. The lowest BCUT2D eigenvalue weighted by molar-refractivity contribution is 0.0326. The first-order valence-electron chi connectivity index (χ1n) is 9.61. The van der Waals surface area contributed by atoms with E-state index in [4.69, 9.17) is 4.74 Å². The van der Waals surface area contributed by atoms with Crippen molar-refractivity contribution in [2.24, 2.45) is 7.05 Å². The number of hydrogen-bond acceptors (Lipinski definition) is 6. The molecular formula is C19H26N6O2. The number of rotatable bonds is 4. The van der Waals surface area contributed by atoms with Crippen molar-refractivity contribution in [3.63, 3.8) is 0 Å². The van der Waals surface area contributed by atoms with E-state index < -0.39 is 0 Å². The molecule has 27 heavy (non-hydrogen) atoms. The van der Waals surface area contributed by atoms with E-state index in [0.29, 0.717) is 11.6 Å². The Morgan fingerprint density at radius 1 is 1.15 bits per heavy atom. The molecule has 144 valence electrons. The molecule has 2 saturated heterocycles. The minimum absolute atomic E-state index is 0.0139. The summed E-state index contributed by atoms with van der Waals surface area (Å²) in [5, 5.41) is 8.90. The average molecular weight is 370 g/mol. The van der Waals surface area contributed by atoms with Crippen LogP contribution in [0, 0.1) is 0 Å². The van der Waals surface area contributed by atoms with Crippen LogP contribution in [-0.2, 0) is 18.3 Å². The molecule has 0 N–H and O–H groups in total. The molecule has 0 saturated carbocycles. The van der Waals surface area contributed by atoms with Gasteiger partial charge in [0, 0.05) is 45.3 Å². The monoisotopic (exact) mass is 370 g/mol. The molecule has 0 aromatic carbocycles. The Balaban J connectivity index is 1.36. The van der Waals surface area contributed by atoms with E-state index in [1.165, 1.54) is 0 Å². The van der Waals surface area contributed by atoms with Crippen LogP contribution in [0.4, 0.5) is 0 Å². The Morgan fingerprint density at radius 3 is 2.63 bits per heavy atom. The van der Waals surface area contributed by atoms with E-state index in [2.05, 4.69) is 31.7 Å². The summed E-state index contributed by atoms with van der Waals surface area (Å²) in [6, 6.07) is 5.45. The minimum Gasteiger partial charge on any atom is -0.379 e. The summed E-state index contributed by atoms with van der Waals surface area (Å²) in [5.41, 5.74) is 0.516. The molecule has 2 aromatic rings. The van der Waals surface area contributed by atoms with Gasteiger partial charge in [0.15, 0.2) is 0 Å². The normalized spacial score (nSPS) is 19.4. The van der Waals surface area contributed by atoms with Crippen molar-refractivity contribution in [2.75, 3.05) is 39.4 Å². The Morgan fingerprint density at radius 2 is 1.93 bits per heavy atom. The molecule has 0 unspecified atom stereocenters. The molecule has 2 aromatic heterocycles. The van der Waals surface area contributed by atoms with Crippen molar-refractivity contribution >= 4 is 5.91 Å². The van der Waals surface area contributed by atoms with E-state index in [0.717, 1.165) is 70.4 Å². The lowest BCUT2D eigenvalue weighted by atomic mass is 9.95. The highest BCUT2D eigenvalue weighted by Gasteiger charge is 2.28. The van der Waals surface area contributed by atoms with Crippen molar-refractivity contribution in [2.45, 2.75) is 25.3 Å². The third-order valence-corrected chi connectivity index (χ3v) is 5.50. The summed E-state index contributed by atoms with van der Waals surface area (Å²) in [7, 11) is 2.05. The maximum absolute atomic E-state index is 12.5. The van der Waals surface area contributed by atoms with Gasteiger partial charge in [-0.25, -0.2) is 0 Å². The number of ether oxygens (including phenoxy) is 1. The standard InChI is InChI=1S/C19H26N6O2/c1-23-17(14-24-10-12-27-13-11-24)21-22-18(23)15-5-8-25(9-6-15)19(26)16-4-2-3-7-20-16/h2-4,7,15H,5-6,8-14H2,1H3. The molecule has 2 aliphatic rings. The first kappa shape index (κ1) is 18.1. The largest absolute Gasteiger partial charge is 0.379 e. The first-order chi connectivity index (χ1) is 13.2. The van der Waals surface area contributed by atoms with E-state index in [-0.39, 0.29) is 5.91 Å². The fourth-order valence-electron chi connectivity index (χ4n) is 3.82. The molecule has 1 amide bonds. The molecular weight excluding hydrogens is 344 g/mol. The number of aromatic nitrogens is 4. The van der Waals surface area contributed by atoms with Crippen LogP contribution in [0.15, 0.2) is 24.4 Å². The van der Waals surface area contributed by atoms with Gasteiger partial charge in [0.05, 0.1) is 19.8 Å². The lowest BCUT2D eigenvalue weighted by Gasteiger charge is -2.31. The van der Waals surface area contributed by atoms with E-state index in [9.17, 15) is 4.79 Å². The Kier molecular flexibility index (Phi) is 5.45. The number of carbonyl (C=O) groups excluding carboxylic acids is 1. The summed E-state index contributed by atoms with van der Waals surface area (Å²) < 4.78 is 7.54. The Bertz CT molecular complexity index is 764. The summed E-state index contributed by atoms with van der Waals surface area (Å²) in [5.74, 6) is 2.39. The molecule has 2 fully saturated rings. The fourth-order valence-corrected chi connectivity index (χ4v) is 3.82. The molecule has 0 bridgehead atoms. The van der Waals surface area contributed by atoms with Gasteiger partial charge in [0.2, 0.25) is 0 Å². The quantitative estimate of drug-likeness (QED) is 0.801. The SMILES string of the molecule is Cn1c(CN2CCOCC2)nnc1C1CCN(C(=O)c2ccccn2)CC1. The number of pyridine rings is 1. The zero-order valence-corrected chi connectivity index (χ0v) is 15.8. The average Bonchev–Trinajstić information content (AvgIpc) is 3.09. The van der Waals surface area contributed by atoms with Crippen LogP contribution in [0.1, 0.15) is 40.9 Å². The van der Waals surface area contributed by atoms with E-state index in [1.54, 1.807) is 12.3 Å². The highest BCUT2D eigenvalue weighted by molar-refractivity contribution is 5.92. The van der Waals surface area contributed by atoms with E-state index in [1.807, 2.05) is 17.0 Å². The van der Waals surface area contributed by atoms with Crippen molar-refractivity contribution in [3.05, 3.63) is 41.7 Å². The molecule has 0 aliphatic carbocycles. The number of morpholine rings is 1. The molecule has 2 aliphatic heterocycles. The van der Waals surface area contributed by atoms with Gasteiger partial charge in [-0.05, 0) is 25.0 Å². The van der Waals surface area contributed by atoms with Gasteiger partial charge in [-0.3, -0.25) is 14.7 Å². The predicted molar refractivity (Wildman–Crippen MR) is 99.2 cm³/mol. The second kappa shape index (κ2) is 8.14. The number of carbonyl (C=O) groups is 1. The summed E-state index contributed by atoms with van der Waals surface area (Å²) in [6.45, 7) is 5.72. The molecule has 8 heteroatoms. The third-order valence-electron chi connectivity index (χ3n) is 5.50. The zero-order chi connectivity index (χ0) is 18.6. The second-order valence-electron chi connectivity index (χ2n) is 7.20. The van der Waals surface area contributed by atoms with Crippen molar-refractivity contribution < 1.29 is 9.53 Å². The maximum Gasteiger partial charge on any atom is 0.272 e. The fraction of sp³-hybridized carbons (Fsp3) is 0.579. The van der Waals surface area contributed by atoms with Crippen molar-refractivity contribution in [1.29, 1.82) is 0 Å². The van der Waals surface area contributed by atoms with Crippen LogP contribution in [0.25, 0.3) is 0 Å². The van der Waals surface area contributed by atoms with E-state index >= 15 is 0 Å². The summed E-state index contributed by atoms with van der Waals surface area (Å²) >= 11 is 0. The van der Waals surface area contributed by atoms with Gasteiger partial charge in [-0.15, -0.1) is 10.2 Å². The topological polar surface area (TPSA) is 76.4 Å². The molecule has 0 radical (unpaired) electrons. The molecule has 0 spiro atoms. The van der Waals surface area contributed by atoms with Gasteiger partial charge >= 0.3 is 0 Å². The second-order valence-corrected chi connectivity index (χ2v) is 7.20. The first-order valence-corrected chi connectivity index (χ1v) is 9.61. The highest BCUT2D eigenvalue weighted by Crippen LogP contribution is 2.27. The number of amides is 1. The van der Waals surface area contributed by atoms with Crippen molar-refractivity contribution in [3.8, 4) is 0 Å². The van der Waals surface area contributed by atoms with Crippen LogP contribution in [0.3, 0.4) is 0 Å². The maximum atomic E-state index is 12.5. The zero-order valence-electron chi connectivity index (χ0n) is 15.8. The third kappa shape index (κ3) is 4.01. The van der Waals surface area contributed by atoms with Crippen LogP contribution in [-0.4, -0.2) is 74.8 Å². The number of hydrogen-bond donors (Lipinski definition) is 0. The molecule has 4 heterocycles. The van der Waals surface area contributed by atoms with Gasteiger partial charge in [-0.1, -0.05) is 6.07 Å². The Labute approximate surface area is 159 Å². The number of piperidine rings is 1. The van der Waals surface area contributed by atoms with Crippen LogP contribution >= 0.6 is 0 Å². The van der Waals surface area contributed by atoms with Gasteiger partial charge in [0.25, 0.3) is 5.91 Å². The lowest BCUT2D eigenvalue weighted by Crippen LogP contribution is -2.38. The Hall–Kier alpha value is -2.32. The summed E-state index contributed by atoms with van der Waals surface area (Å²) in [4.78, 5) is 21.0. The van der Waals surface area contributed by atoms with Gasteiger partial charge in [-0.2, -0.15) is 0 Å². The van der Waals surface area contributed by atoms with Crippen LogP contribution in [0.5, 0.6) is 0 Å². The molecule has 0 atom stereocenters. The van der Waals surface area contributed by atoms with Crippen LogP contribution < -0.4 is 0 Å². The minimum atomic E-state index is 0.0139. The van der Waals surface area contributed by atoms with Gasteiger partial charge in [0.1, 0.15) is 17.3 Å².